The van der Waals surface area contributed by atoms with Gasteiger partial charge in [-0.25, -0.2) is 0 Å². The van der Waals surface area contributed by atoms with Crippen molar-refractivity contribution >= 4 is 39.2 Å². The Morgan fingerprint density at radius 1 is 1.10 bits per heavy atom. The molecule has 0 N–H and O–H groups in total. The summed E-state index contributed by atoms with van der Waals surface area (Å²) in [7, 11) is -3.70. The number of nitrogens with zero attached hydrogens (tertiary/aromatic N) is 2. The number of amides is 2. The van der Waals surface area contributed by atoms with Gasteiger partial charge in [0.25, 0.3) is 16.0 Å². The number of benzene rings is 2. The van der Waals surface area contributed by atoms with Gasteiger partial charge in [-0.05, 0) is 23.8 Å². The van der Waals surface area contributed by atoms with E-state index in [1.807, 2.05) is 12.1 Å². The van der Waals surface area contributed by atoms with Gasteiger partial charge in [-0.15, -0.1) is 0 Å². The third kappa shape index (κ3) is 3.88. The van der Waals surface area contributed by atoms with Crippen molar-refractivity contribution in [3.05, 3.63) is 64.7 Å². The van der Waals surface area contributed by atoms with E-state index in [2.05, 4.69) is 0 Å². The van der Waals surface area contributed by atoms with Crippen molar-refractivity contribution in [2.75, 3.05) is 17.7 Å². The summed E-state index contributed by atoms with van der Waals surface area (Å²) >= 11 is 6.29. The molecule has 2 aromatic rings. The van der Waals surface area contributed by atoms with E-state index in [1.54, 1.807) is 41.3 Å². The fourth-order valence-electron chi connectivity index (χ4n) is 3.88. The topological polar surface area (TPSA) is 84.0 Å². The number of carbonyl (C=O) groups excluding carboxylic acids is 2. The molecule has 2 amide bonds. The lowest BCUT2D eigenvalue weighted by Crippen LogP contribution is -2.44. The number of hydrogen-bond acceptors (Lipinski definition) is 5. The highest BCUT2D eigenvalue weighted by Crippen LogP contribution is 2.35. The molecule has 0 unspecified atom stereocenters. The molecule has 152 valence electrons. The molecule has 0 bridgehead atoms. The molecule has 0 spiro atoms. The van der Waals surface area contributed by atoms with Gasteiger partial charge in [0.05, 0.1) is 30.2 Å². The average molecular weight is 435 g/mol. The lowest BCUT2D eigenvalue weighted by atomic mass is 10.1. The van der Waals surface area contributed by atoms with E-state index < -0.39 is 22.3 Å². The number of carbonyl (C=O) groups is 2. The van der Waals surface area contributed by atoms with Crippen LogP contribution in [0.5, 0.6) is 0 Å². The van der Waals surface area contributed by atoms with Crippen LogP contribution in [0.2, 0.25) is 5.02 Å². The minimum Gasteiger partial charge on any atom is -0.324 e. The van der Waals surface area contributed by atoms with Crippen molar-refractivity contribution in [3.63, 3.8) is 0 Å². The summed E-state index contributed by atoms with van der Waals surface area (Å²) in [6, 6.07) is 13.3. The first kappa shape index (κ1) is 19.9. The Kier molecular flexibility index (Phi) is 5.10. The van der Waals surface area contributed by atoms with Crippen LogP contribution >= 0.6 is 11.6 Å². The van der Waals surface area contributed by atoms with Crippen LogP contribution in [-0.4, -0.2) is 50.1 Å². The zero-order valence-corrected chi connectivity index (χ0v) is 17.2. The Bertz CT molecular complexity index is 1090. The maximum Gasteiger partial charge on any atom is 0.264 e. The highest BCUT2D eigenvalue weighted by Gasteiger charge is 2.46. The van der Waals surface area contributed by atoms with Crippen molar-refractivity contribution < 1.29 is 22.2 Å². The summed E-state index contributed by atoms with van der Waals surface area (Å²) in [6.45, 7) is 0.237. The number of halogens is 1. The van der Waals surface area contributed by atoms with Crippen molar-refractivity contribution in [1.29, 1.82) is 0 Å². The third-order valence-corrected chi connectivity index (χ3v) is 6.09. The molecule has 4 rings (SSSR count). The average Bonchev–Trinajstić information content (AvgIpc) is 3.05. The first-order valence-corrected chi connectivity index (χ1v) is 11.3. The van der Waals surface area contributed by atoms with Crippen LogP contribution in [-0.2, 0) is 25.6 Å². The highest BCUT2D eigenvalue weighted by atomic mass is 35.5. The van der Waals surface area contributed by atoms with E-state index >= 15 is 0 Å². The van der Waals surface area contributed by atoms with Crippen LogP contribution in [0.15, 0.2) is 48.5 Å². The normalized spacial score (nSPS) is 21.7. The van der Waals surface area contributed by atoms with Crippen molar-refractivity contribution in [2.24, 2.45) is 0 Å². The van der Waals surface area contributed by atoms with Crippen molar-refractivity contribution in [2.45, 2.75) is 25.1 Å². The molecule has 2 aliphatic rings. The number of para-hydroxylation sites is 1. The largest absolute Gasteiger partial charge is 0.324 e. The monoisotopic (exact) mass is 434 g/mol. The van der Waals surface area contributed by atoms with Gasteiger partial charge < -0.3 is 9.80 Å². The van der Waals surface area contributed by atoms with Crippen LogP contribution in [0.25, 0.3) is 0 Å². The van der Waals surface area contributed by atoms with E-state index in [9.17, 15) is 18.0 Å². The molecular formula is C20H19ClN2O5S. The summed E-state index contributed by atoms with van der Waals surface area (Å²) in [5.74, 6) is -0.608. The Hall–Kier alpha value is -2.42. The molecular weight excluding hydrogens is 416 g/mol. The molecule has 0 aromatic heterocycles. The molecule has 29 heavy (non-hydrogen) atoms. The standard InChI is InChI=1S/C20H19ClN2O5S/c1-29(26,27)28-14-10-18-20(25)22(11-13-6-2-4-8-16(13)21)17-9-5-3-7-15(17)19(24)23(18)12-14/h2-9,14,18H,10-12H2,1H3/t14-,18+/m1/s1. The van der Waals surface area contributed by atoms with E-state index in [-0.39, 0.29) is 31.3 Å². The fourth-order valence-corrected chi connectivity index (χ4v) is 4.71. The Labute approximate surface area is 173 Å². The Morgan fingerprint density at radius 3 is 2.52 bits per heavy atom. The fraction of sp³-hybridized carbons (Fsp3) is 0.300. The summed E-state index contributed by atoms with van der Waals surface area (Å²) in [5.41, 5.74) is 1.65. The van der Waals surface area contributed by atoms with E-state index in [1.165, 1.54) is 4.90 Å². The summed E-state index contributed by atoms with van der Waals surface area (Å²) in [6.07, 6.45) is 0.319. The summed E-state index contributed by atoms with van der Waals surface area (Å²) in [4.78, 5) is 29.6. The smallest absolute Gasteiger partial charge is 0.264 e. The van der Waals surface area contributed by atoms with Gasteiger partial charge in [0, 0.05) is 18.0 Å². The van der Waals surface area contributed by atoms with Gasteiger partial charge >= 0.3 is 0 Å². The van der Waals surface area contributed by atoms with Crippen LogP contribution < -0.4 is 4.90 Å². The first-order chi connectivity index (χ1) is 13.7. The lowest BCUT2D eigenvalue weighted by Gasteiger charge is -2.26. The predicted octanol–water partition coefficient (Wildman–Crippen LogP) is 2.45. The van der Waals surface area contributed by atoms with Crippen molar-refractivity contribution in [3.8, 4) is 0 Å². The second-order valence-electron chi connectivity index (χ2n) is 7.16. The van der Waals surface area contributed by atoms with Crippen LogP contribution in [0.4, 0.5) is 5.69 Å². The maximum absolute atomic E-state index is 13.4. The Balaban J connectivity index is 1.74. The molecule has 7 nitrogen and oxygen atoms in total. The third-order valence-electron chi connectivity index (χ3n) is 5.10. The number of hydrogen-bond donors (Lipinski definition) is 0. The van der Waals surface area contributed by atoms with Crippen LogP contribution in [0, 0.1) is 0 Å². The maximum atomic E-state index is 13.4. The Morgan fingerprint density at radius 2 is 1.79 bits per heavy atom. The van der Waals surface area contributed by atoms with E-state index in [0.717, 1.165) is 11.8 Å². The van der Waals surface area contributed by atoms with Crippen LogP contribution in [0.3, 0.4) is 0 Å². The lowest BCUT2D eigenvalue weighted by molar-refractivity contribution is -0.122. The number of anilines is 1. The molecule has 2 aliphatic heterocycles. The second-order valence-corrected chi connectivity index (χ2v) is 9.17. The SMILES string of the molecule is CS(=O)(=O)O[C@@H]1C[C@H]2C(=O)N(Cc3ccccc3Cl)c3ccccc3C(=O)N2C1. The summed E-state index contributed by atoms with van der Waals surface area (Å²) in [5, 5.41) is 0.523. The van der Waals surface area contributed by atoms with Gasteiger partial charge in [-0.2, -0.15) is 8.42 Å². The van der Waals surface area contributed by atoms with Crippen LogP contribution in [0.1, 0.15) is 22.3 Å². The molecule has 9 heteroatoms. The van der Waals surface area contributed by atoms with E-state index in [4.69, 9.17) is 15.8 Å². The van der Waals surface area contributed by atoms with Gasteiger partial charge in [0.1, 0.15) is 6.04 Å². The predicted molar refractivity (Wildman–Crippen MR) is 108 cm³/mol. The zero-order chi connectivity index (χ0) is 20.8. The summed E-state index contributed by atoms with van der Waals surface area (Å²) < 4.78 is 28.1. The molecule has 0 saturated carbocycles. The van der Waals surface area contributed by atoms with Gasteiger partial charge in [0.2, 0.25) is 5.91 Å². The second kappa shape index (κ2) is 7.44. The molecule has 0 radical (unpaired) electrons. The molecule has 0 aliphatic carbocycles. The molecule has 1 saturated heterocycles. The van der Waals surface area contributed by atoms with E-state index in [0.29, 0.717) is 16.3 Å². The first-order valence-electron chi connectivity index (χ1n) is 9.07. The minimum atomic E-state index is -3.70. The quantitative estimate of drug-likeness (QED) is 0.690. The molecule has 1 fully saturated rings. The minimum absolute atomic E-state index is 0.0383. The molecule has 2 heterocycles. The van der Waals surface area contributed by atoms with Gasteiger partial charge in [0.15, 0.2) is 0 Å². The molecule has 2 atom stereocenters. The number of fused-ring (bicyclic) bond motifs is 2. The van der Waals surface area contributed by atoms with Gasteiger partial charge in [-0.1, -0.05) is 41.9 Å². The highest BCUT2D eigenvalue weighted by molar-refractivity contribution is 7.86. The van der Waals surface area contributed by atoms with Crippen molar-refractivity contribution in [1.82, 2.24) is 4.90 Å². The molecule has 2 aromatic carbocycles. The van der Waals surface area contributed by atoms with Gasteiger partial charge in [-0.3, -0.25) is 13.8 Å². The number of rotatable bonds is 4. The zero-order valence-electron chi connectivity index (χ0n) is 15.6.